The summed E-state index contributed by atoms with van der Waals surface area (Å²) in [5, 5.41) is 9.83. The highest BCUT2D eigenvalue weighted by molar-refractivity contribution is 9.10. The standard InChI is InChI=1S/C15H11Br2NO/c16-8-11-5-6-15(14(17)7-11)19-10-13-4-2-1-3-12(13)9-18/h1-7H,8,10H2. The molecule has 19 heavy (non-hydrogen) atoms. The fraction of sp³-hybridized carbons (Fsp3) is 0.133. The molecule has 2 rings (SSSR count). The van der Waals surface area contributed by atoms with Crippen molar-refractivity contribution in [3.63, 3.8) is 0 Å². The summed E-state index contributed by atoms with van der Waals surface area (Å²) in [7, 11) is 0. The van der Waals surface area contributed by atoms with Crippen molar-refractivity contribution in [1.29, 1.82) is 5.26 Å². The van der Waals surface area contributed by atoms with Gasteiger partial charge in [-0.05, 0) is 39.7 Å². The maximum absolute atomic E-state index is 9.02. The quantitative estimate of drug-likeness (QED) is 0.714. The molecule has 0 unspecified atom stereocenters. The molecule has 0 atom stereocenters. The lowest BCUT2D eigenvalue weighted by Crippen LogP contribution is -1.98. The topological polar surface area (TPSA) is 33.0 Å². The van der Waals surface area contributed by atoms with E-state index in [4.69, 9.17) is 10.00 Å². The molecule has 2 aromatic rings. The van der Waals surface area contributed by atoms with Gasteiger partial charge in [-0.1, -0.05) is 40.2 Å². The number of benzene rings is 2. The molecule has 0 radical (unpaired) electrons. The third-order valence-electron chi connectivity index (χ3n) is 2.67. The molecule has 0 aromatic heterocycles. The third kappa shape index (κ3) is 3.59. The van der Waals surface area contributed by atoms with Gasteiger partial charge in [0, 0.05) is 10.9 Å². The van der Waals surface area contributed by atoms with Crippen LogP contribution in [0, 0.1) is 11.3 Å². The van der Waals surface area contributed by atoms with E-state index in [2.05, 4.69) is 37.9 Å². The number of halogens is 2. The monoisotopic (exact) mass is 379 g/mol. The Hall–Kier alpha value is -1.31. The summed E-state index contributed by atoms with van der Waals surface area (Å²) < 4.78 is 6.67. The predicted molar refractivity (Wildman–Crippen MR) is 82.3 cm³/mol. The van der Waals surface area contributed by atoms with Crippen LogP contribution in [0.1, 0.15) is 16.7 Å². The molecular formula is C15H11Br2NO. The van der Waals surface area contributed by atoms with Gasteiger partial charge >= 0.3 is 0 Å². The Morgan fingerprint density at radius 2 is 1.95 bits per heavy atom. The summed E-state index contributed by atoms with van der Waals surface area (Å²) in [5.74, 6) is 0.775. The number of hydrogen-bond acceptors (Lipinski definition) is 2. The molecule has 0 spiro atoms. The van der Waals surface area contributed by atoms with E-state index in [0.29, 0.717) is 12.2 Å². The molecular weight excluding hydrogens is 370 g/mol. The van der Waals surface area contributed by atoms with Gasteiger partial charge in [0.05, 0.1) is 16.1 Å². The molecule has 0 N–H and O–H groups in total. The fourth-order valence-electron chi connectivity index (χ4n) is 1.66. The first-order valence-corrected chi connectivity index (χ1v) is 7.61. The maximum Gasteiger partial charge on any atom is 0.134 e. The second-order valence-electron chi connectivity index (χ2n) is 3.96. The number of alkyl halides is 1. The smallest absolute Gasteiger partial charge is 0.134 e. The normalized spacial score (nSPS) is 9.95. The van der Waals surface area contributed by atoms with Crippen molar-refractivity contribution in [3.05, 3.63) is 63.6 Å². The molecule has 0 aliphatic carbocycles. The van der Waals surface area contributed by atoms with Gasteiger partial charge < -0.3 is 4.74 Å². The van der Waals surface area contributed by atoms with Crippen molar-refractivity contribution >= 4 is 31.9 Å². The summed E-state index contributed by atoms with van der Waals surface area (Å²) in [4.78, 5) is 0. The Balaban J connectivity index is 2.13. The van der Waals surface area contributed by atoms with Gasteiger partial charge in [0.2, 0.25) is 0 Å². The predicted octanol–water partition coefficient (Wildman–Crippen LogP) is 4.79. The van der Waals surface area contributed by atoms with Crippen LogP contribution in [0.3, 0.4) is 0 Å². The minimum atomic E-state index is 0.385. The van der Waals surface area contributed by atoms with E-state index in [9.17, 15) is 0 Å². The fourth-order valence-corrected chi connectivity index (χ4v) is 2.54. The zero-order valence-electron chi connectivity index (χ0n) is 10.1. The molecule has 0 saturated heterocycles. The lowest BCUT2D eigenvalue weighted by atomic mass is 10.1. The minimum Gasteiger partial charge on any atom is -0.488 e. The summed E-state index contributed by atoms with van der Waals surface area (Å²) in [6.45, 7) is 0.385. The second-order valence-corrected chi connectivity index (χ2v) is 5.37. The highest BCUT2D eigenvalue weighted by atomic mass is 79.9. The first kappa shape index (κ1) is 14.1. The van der Waals surface area contributed by atoms with E-state index in [-0.39, 0.29) is 0 Å². The van der Waals surface area contributed by atoms with Gasteiger partial charge in [0.15, 0.2) is 0 Å². The summed E-state index contributed by atoms with van der Waals surface area (Å²) in [6, 6.07) is 15.6. The van der Waals surface area contributed by atoms with E-state index in [1.54, 1.807) is 6.07 Å². The van der Waals surface area contributed by atoms with Crippen LogP contribution in [0.15, 0.2) is 46.9 Å². The summed E-state index contributed by atoms with van der Waals surface area (Å²) in [6.07, 6.45) is 0. The van der Waals surface area contributed by atoms with Crippen LogP contribution >= 0.6 is 31.9 Å². The number of hydrogen-bond donors (Lipinski definition) is 0. The lowest BCUT2D eigenvalue weighted by molar-refractivity contribution is 0.304. The Morgan fingerprint density at radius 1 is 1.16 bits per heavy atom. The van der Waals surface area contributed by atoms with Gasteiger partial charge in [-0.2, -0.15) is 5.26 Å². The zero-order chi connectivity index (χ0) is 13.7. The molecule has 2 aromatic carbocycles. The largest absolute Gasteiger partial charge is 0.488 e. The third-order valence-corrected chi connectivity index (χ3v) is 3.94. The highest BCUT2D eigenvalue weighted by Crippen LogP contribution is 2.27. The number of rotatable bonds is 4. The molecule has 0 amide bonds. The summed E-state index contributed by atoms with van der Waals surface area (Å²) >= 11 is 6.90. The van der Waals surface area contributed by atoms with E-state index < -0.39 is 0 Å². The summed E-state index contributed by atoms with van der Waals surface area (Å²) in [5.41, 5.74) is 2.72. The average Bonchev–Trinajstić information content (AvgIpc) is 2.46. The lowest BCUT2D eigenvalue weighted by Gasteiger charge is -2.10. The number of nitriles is 1. The van der Waals surface area contributed by atoms with Gasteiger partial charge in [0.1, 0.15) is 12.4 Å². The Morgan fingerprint density at radius 3 is 2.63 bits per heavy atom. The first-order valence-electron chi connectivity index (χ1n) is 5.70. The van der Waals surface area contributed by atoms with Crippen LogP contribution in [0.5, 0.6) is 5.75 Å². The average molecular weight is 381 g/mol. The van der Waals surface area contributed by atoms with Crippen molar-refractivity contribution in [1.82, 2.24) is 0 Å². The van der Waals surface area contributed by atoms with Gasteiger partial charge in [0.25, 0.3) is 0 Å². The van der Waals surface area contributed by atoms with E-state index in [1.807, 2.05) is 36.4 Å². The zero-order valence-corrected chi connectivity index (χ0v) is 13.2. The van der Waals surface area contributed by atoms with Gasteiger partial charge in [-0.15, -0.1) is 0 Å². The number of ether oxygens (including phenoxy) is 1. The van der Waals surface area contributed by atoms with Crippen molar-refractivity contribution in [3.8, 4) is 11.8 Å². The van der Waals surface area contributed by atoms with E-state index in [1.165, 1.54) is 5.56 Å². The minimum absolute atomic E-state index is 0.385. The van der Waals surface area contributed by atoms with Crippen LogP contribution in [-0.4, -0.2) is 0 Å². The molecule has 96 valence electrons. The molecule has 0 saturated carbocycles. The van der Waals surface area contributed by atoms with Crippen LogP contribution in [0.4, 0.5) is 0 Å². The van der Waals surface area contributed by atoms with Gasteiger partial charge in [-0.25, -0.2) is 0 Å². The molecule has 2 nitrogen and oxygen atoms in total. The number of nitrogens with zero attached hydrogens (tertiary/aromatic N) is 1. The Labute approximate surface area is 129 Å². The SMILES string of the molecule is N#Cc1ccccc1COc1ccc(CBr)cc1Br. The molecule has 4 heteroatoms. The van der Waals surface area contributed by atoms with Gasteiger partial charge in [-0.3, -0.25) is 0 Å². The Bertz CT molecular complexity index is 620. The van der Waals surface area contributed by atoms with Crippen molar-refractivity contribution < 1.29 is 4.74 Å². The van der Waals surface area contributed by atoms with Crippen molar-refractivity contribution in [2.45, 2.75) is 11.9 Å². The molecule has 0 bridgehead atoms. The van der Waals surface area contributed by atoms with Crippen LogP contribution in [0.2, 0.25) is 0 Å². The molecule has 0 heterocycles. The highest BCUT2D eigenvalue weighted by Gasteiger charge is 2.05. The molecule has 0 aliphatic heterocycles. The molecule has 0 fully saturated rings. The van der Waals surface area contributed by atoms with E-state index >= 15 is 0 Å². The van der Waals surface area contributed by atoms with Crippen LogP contribution < -0.4 is 4.74 Å². The Kier molecular flexibility index (Phi) is 5.00. The van der Waals surface area contributed by atoms with Crippen LogP contribution in [0.25, 0.3) is 0 Å². The van der Waals surface area contributed by atoms with Crippen molar-refractivity contribution in [2.75, 3.05) is 0 Å². The molecule has 0 aliphatic rings. The first-order chi connectivity index (χ1) is 9.24. The second kappa shape index (κ2) is 6.74. The maximum atomic E-state index is 9.02. The van der Waals surface area contributed by atoms with E-state index in [0.717, 1.165) is 21.1 Å². The van der Waals surface area contributed by atoms with Crippen molar-refractivity contribution in [2.24, 2.45) is 0 Å². The van der Waals surface area contributed by atoms with Crippen LogP contribution in [-0.2, 0) is 11.9 Å².